The van der Waals surface area contributed by atoms with Crippen LogP contribution in [0.4, 0.5) is 11.4 Å². The van der Waals surface area contributed by atoms with Gasteiger partial charge in [0.2, 0.25) is 11.8 Å². The smallest absolute Gasteiger partial charge is 0.249 e. The van der Waals surface area contributed by atoms with Gasteiger partial charge in [-0.05, 0) is 49.9 Å². The summed E-state index contributed by atoms with van der Waals surface area (Å²) < 4.78 is 5.06. The van der Waals surface area contributed by atoms with E-state index in [1.807, 2.05) is 49.0 Å². The van der Waals surface area contributed by atoms with Gasteiger partial charge in [0, 0.05) is 51.1 Å². The van der Waals surface area contributed by atoms with Gasteiger partial charge >= 0.3 is 0 Å². The van der Waals surface area contributed by atoms with Crippen molar-refractivity contribution in [1.82, 2.24) is 4.90 Å². The molecule has 2 amide bonds. The fraction of sp³-hybridized carbons (Fsp3) is 0.619. The molecule has 1 saturated carbocycles. The Hall–Kier alpha value is -2.08. The molecule has 0 aliphatic heterocycles. The van der Waals surface area contributed by atoms with E-state index in [-0.39, 0.29) is 30.4 Å². The molecule has 0 bridgehead atoms. The van der Waals surface area contributed by atoms with Crippen molar-refractivity contribution in [3.63, 3.8) is 0 Å². The SMILES string of the molecule is CCC(C)N(Cc1cc(NC(=O)C2CCC2)ccc1N(C)C)C(=O)COC. The number of nitrogens with one attached hydrogen (secondary N) is 1. The lowest BCUT2D eigenvalue weighted by molar-refractivity contribution is -0.138. The maximum Gasteiger partial charge on any atom is 0.249 e. The summed E-state index contributed by atoms with van der Waals surface area (Å²) >= 11 is 0. The minimum absolute atomic E-state index is 0.0273. The van der Waals surface area contributed by atoms with E-state index in [1.54, 1.807) is 0 Å². The molecule has 6 heteroatoms. The van der Waals surface area contributed by atoms with Crippen LogP contribution in [0.5, 0.6) is 0 Å². The zero-order chi connectivity index (χ0) is 20.0. The highest BCUT2D eigenvalue weighted by Crippen LogP contribution is 2.29. The summed E-state index contributed by atoms with van der Waals surface area (Å²) in [4.78, 5) is 28.7. The van der Waals surface area contributed by atoms with Crippen molar-refractivity contribution in [3.05, 3.63) is 23.8 Å². The molecule has 0 radical (unpaired) electrons. The number of benzene rings is 1. The Morgan fingerprint density at radius 1 is 1.30 bits per heavy atom. The molecule has 1 fully saturated rings. The van der Waals surface area contributed by atoms with Crippen molar-refractivity contribution in [2.75, 3.05) is 38.0 Å². The van der Waals surface area contributed by atoms with Gasteiger partial charge in [0.15, 0.2) is 0 Å². The van der Waals surface area contributed by atoms with Gasteiger partial charge in [-0.3, -0.25) is 9.59 Å². The summed E-state index contributed by atoms with van der Waals surface area (Å²) in [6.45, 7) is 4.67. The average Bonchev–Trinajstić information content (AvgIpc) is 2.57. The van der Waals surface area contributed by atoms with Crippen molar-refractivity contribution in [2.45, 2.75) is 52.1 Å². The molecule has 0 aromatic heterocycles. The summed E-state index contributed by atoms with van der Waals surface area (Å²) in [7, 11) is 5.50. The first-order valence-corrected chi connectivity index (χ1v) is 9.76. The van der Waals surface area contributed by atoms with Crippen molar-refractivity contribution in [1.29, 1.82) is 0 Å². The van der Waals surface area contributed by atoms with Crippen LogP contribution in [0.1, 0.15) is 45.1 Å². The minimum Gasteiger partial charge on any atom is -0.377 e. The van der Waals surface area contributed by atoms with Crippen LogP contribution in [-0.2, 0) is 20.9 Å². The Balaban J connectivity index is 2.25. The molecule has 0 saturated heterocycles. The second kappa shape index (κ2) is 9.74. The van der Waals surface area contributed by atoms with Crippen molar-refractivity contribution >= 4 is 23.2 Å². The predicted octanol–water partition coefficient (Wildman–Crippen LogP) is 3.26. The van der Waals surface area contributed by atoms with E-state index >= 15 is 0 Å². The second-order valence-corrected chi connectivity index (χ2v) is 7.57. The number of anilines is 2. The minimum atomic E-state index is -0.0273. The highest BCUT2D eigenvalue weighted by molar-refractivity contribution is 5.93. The van der Waals surface area contributed by atoms with E-state index in [9.17, 15) is 9.59 Å². The molecule has 1 unspecified atom stereocenters. The molecular weight excluding hydrogens is 342 g/mol. The number of ether oxygens (including phenoxy) is 1. The van der Waals surface area contributed by atoms with Gasteiger partial charge in [-0.25, -0.2) is 0 Å². The predicted molar refractivity (Wildman–Crippen MR) is 109 cm³/mol. The summed E-state index contributed by atoms with van der Waals surface area (Å²) in [6, 6.07) is 6.03. The Morgan fingerprint density at radius 2 is 2.00 bits per heavy atom. The third-order valence-corrected chi connectivity index (χ3v) is 5.36. The first kappa shape index (κ1) is 21.2. The molecule has 1 aromatic carbocycles. The van der Waals surface area contributed by atoms with E-state index in [1.165, 1.54) is 7.11 Å². The van der Waals surface area contributed by atoms with Crippen molar-refractivity contribution < 1.29 is 14.3 Å². The third-order valence-electron chi connectivity index (χ3n) is 5.36. The number of carbonyl (C=O) groups is 2. The molecule has 1 N–H and O–H groups in total. The lowest BCUT2D eigenvalue weighted by atomic mass is 9.85. The van der Waals surface area contributed by atoms with Gasteiger partial charge in [0.1, 0.15) is 6.61 Å². The van der Waals surface area contributed by atoms with Gasteiger partial charge < -0.3 is 19.9 Å². The lowest BCUT2D eigenvalue weighted by Gasteiger charge is -2.31. The summed E-state index contributed by atoms with van der Waals surface area (Å²) in [5.41, 5.74) is 2.84. The first-order valence-electron chi connectivity index (χ1n) is 9.76. The van der Waals surface area contributed by atoms with Crippen LogP contribution in [0.15, 0.2) is 18.2 Å². The third kappa shape index (κ3) is 5.45. The number of rotatable bonds is 9. The van der Waals surface area contributed by atoms with Gasteiger partial charge in [-0.1, -0.05) is 13.3 Å². The number of hydrogen-bond donors (Lipinski definition) is 1. The molecule has 1 aliphatic carbocycles. The average molecular weight is 376 g/mol. The summed E-state index contributed by atoms with van der Waals surface area (Å²) in [5.74, 6) is 0.210. The highest BCUT2D eigenvalue weighted by atomic mass is 16.5. The van der Waals surface area contributed by atoms with Crippen molar-refractivity contribution in [3.8, 4) is 0 Å². The van der Waals surface area contributed by atoms with E-state index in [0.29, 0.717) is 6.54 Å². The molecule has 1 atom stereocenters. The first-order chi connectivity index (χ1) is 12.9. The monoisotopic (exact) mass is 375 g/mol. The Bertz CT molecular complexity index is 656. The van der Waals surface area contributed by atoms with E-state index in [0.717, 1.165) is 42.6 Å². The fourth-order valence-electron chi connectivity index (χ4n) is 3.24. The normalized spacial score (nSPS) is 15.0. The van der Waals surface area contributed by atoms with Gasteiger partial charge in [0.25, 0.3) is 0 Å². The molecule has 1 aliphatic rings. The molecule has 2 rings (SSSR count). The van der Waals surface area contributed by atoms with Gasteiger partial charge in [-0.15, -0.1) is 0 Å². The van der Waals surface area contributed by atoms with E-state index in [4.69, 9.17) is 4.74 Å². The van der Waals surface area contributed by atoms with Crippen LogP contribution in [0, 0.1) is 5.92 Å². The number of amides is 2. The van der Waals surface area contributed by atoms with E-state index in [2.05, 4.69) is 12.2 Å². The second-order valence-electron chi connectivity index (χ2n) is 7.57. The van der Waals surface area contributed by atoms with Crippen LogP contribution in [-0.4, -0.2) is 50.6 Å². The topological polar surface area (TPSA) is 61.9 Å². The fourth-order valence-corrected chi connectivity index (χ4v) is 3.24. The molecular formula is C21H33N3O3. The van der Waals surface area contributed by atoms with Gasteiger partial charge in [0.05, 0.1) is 0 Å². The molecule has 27 heavy (non-hydrogen) atoms. The molecule has 1 aromatic rings. The molecule has 0 spiro atoms. The highest BCUT2D eigenvalue weighted by Gasteiger charge is 2.26. The number of methoxy groups -OCH3 is 1. The van der Waals surface area contributed by atoms with Crippen molar-refractivity contribution in [2.24, 2.45) is 5.92 Å². The molecule has 6 nitrogen and oxygen atoms in total. The van der Waals surface area contributed by atoms with E-state index < -0.39 is 0 Å². The number of carbonyl (C=O) groups excluding carboxylic acids is 2. The standard InChI is InChI=1S/C21H33N3O3/c1-6-15(2)24(20(25)14-27-5)13-17-12-18(10-11-19(17)23(3)4)22-21(26)16-8-7-9-16/h10-12,15-16H,6-9,13-14H2,1-5H3,(H,22,26). The van der Waals surface area contributed by atoms with Crippen LogP contribution >= 0.6 is 0 Å². The number of hydrogen-bond acceptors (Lipinski definition) is 4. The van der Waals surface area contributed by atoms with Gasteiger partial charge in [-0.2, -0.15) is 0 Å². The maximum atomic E-state index is 12.5. The maximum absolute atomic E-state index is 12.5. The van der Waals surface area contributed by atoms with Crippen LogP contribution in [0.2, 0.25) is 0 Å². The van der Waals surface area contributed by atoms with Crippen LogP contribution in [0.3, 0.4) is 0 Å². The molecule has 0 heterocycles. The Kier molecular flexibility index (Phi) is 7.66. The zero-order valence-corrected chi connectivity index (χ0v) is 17.2. The van der Waals surface area contributed by atoms with Crippen LogP contribution < -0.4 is 10.2 Å². The Morgan fingerprint density at radius 3 is 2.52 bits per heavy atom. The molecule has 150 valence electrons. The number of nitrogens with zero attached hydrogens (tertiary/aromatic N) is 2. The summed E-state index contributed by atoms with van der Waals surface area (Å²) in [6.07, 6.45) is 3.95. The zero-order valence-electron chi connectivity index (χ0n) is 17.2. The van der Waals surface area contributed by atoms with Crippen LogP contribution in [0.25, 0.3) is 0 Å². The summed E-state index contributed by atoms with van der Waals surface area (Å²) in [5, 5.41) is 3.04. The quantitative estimate of drug-likeness (QED) is 0.720. The largest absolute Gasteiger partial charge is 0.377 e. The Labute approximate surface area is 162 Å². The lowest BCUT2D eigenvalue weighted by Crippen LogP contribution is -2.40.